The maximum atomic E-state index is 12.3. The number of rotatable bonds is 4. The number of aromatic nitrogens is 1. The van der Waals surface area contributed by atoms with Crippen LogP contribution in [0.5, 0.6) is 0 Å². The standard InChI is InChI=1S/C13H17N3O/c1-3-6-16(8-10-4-5-10)13(17)12-7-11(14)9-15(12)2/h1,7,9-10H,4-6,8,14H2,2H3. The second kappa shape index (κ2) is 4.54. The summed E-state index contributed by atoms with van der Waals surface area (Å²) in [4.78, 5) is 14.0. The quantitative estimate of drug-likeness (QED) is 0.789. The summed E-state index contributed by atoms with van der Waals surface area (Å²) in [5.74, 6) is 3.14. The molecular weight excluding hydrogens is 214 g/mol. The molecule has 4 heteroatoms. The van der Waals surface area contributed by atoms with Crippen LogP contribution in [-0.4, -0.2) is 28.5 Å². The van der Waals surface area contributed by atoms with Crippen molar-refractivity contribution in [2.45, 2.75) is 12.8 Å². The van der Waals surface area contributed by atoms with Crippen molar-refractivity contribution in [2.75, 3.05) is 18.8 Å². The van der Waals surface area contributed by atoms with Gasteiger partial charge < -0.3 is 15.2 Å². The molecule has 0 spiro atoms. The molecule has 1 aromatic heterocycles. The van der Waals surface area contributed by atoms with E-state index in [9.17, 15) is 4.79 Å². The van der Waals surface area contributed by atoms with Crippen molar-refractivity contribution in [3.63, 3.8) is 0 Å². The molecule has 1 aliphatic carbocycles. The maximum absolute atomic E-state index is 12.3. The molecule has 0 unspecified atom stereocenters. The summed E-state index contributed by atoms with van der Waals surface area (Å²) in [6, 6.07) is 1.69. The van der Waals surface area contributed by atoms with E-state index in [0.717, 1.165) is 6.54 Å². The first-order chi connectivity index (χ1) is 8.11. The van der Waals surface area contributed by atoms with Gasteiger partial charge in [0.1, 0.15) is 5.69 Å². The zero-order valence-corrected chi connectivity index (χ0v) is 10.0. The number of carbonyl (C=O) groups excluding carboxylic acids is 1. The SMILES string of the molecule is C#CCN(CC1CC1)C(=O)c1cc(N)cn1C. The third-order valence-corrected chi connectivity index (χ3v) is 2.99. The molecule has 0 aromatic carbocycles. The van der Waals surface area contributed by atoms with Gasteiger partial charge in [-0.15, -0.1) is 6.42 Å². The van der Waals surface area contributed by atoms with Gasteiger partial charge in [-0.1, -0.05) is 5.92 Å². The predicted molar refractivity (Wildman–Crippen MR) is 67.3 cm³/mol. The number of nitrogens with two attached hydrogens (primary N) is 1. The van der Waals surface area contributed by atoms with Gasteiger partial charge in [-0.3, -0.25) is 4.79 Å². The van der Waals surface area contributed by atoms with Crippen LogP contribution in [0.2, 0.25) is 0 Å². The monoisotopic (exact) mass is 231 g/mol. The topological polar surface area (TPSA) is 51.3 Å². The highest BCUT2D eigenvalue weighted by Gasteiger charge is 2.27. The van der Waals surface area contributed by atoms with Crippen LogP contribution < -0.4 is 5.73 Å². The Hall–Kier alpha value is -1.89. The van der Waals surface area contributed by atoms with E-state index in [2.05, 4.69) is 5.92 Å². The number of terminal acetylenes is 1. The number of nitrogens with zero attached hydrogens (tertiary/aromatic N) is 2. The largest absolute Gasteiger partial charge is 0.397 e. The van der Waals surface area contributed by atoms with Crippen LogP contribution in [0.3, 0.4) is 0 Å². The molecule has 1 aromatic rings. The Bertz CT molecular complexity index is 465. The molecule has 1 fully saturated rings. The van der Waals surface area contributed by atoms with Crippen LogP contribution in [0.15, 0.2) is 12.3 Å². The van der Waals surface area contributed by atoms with Crippen molar-refractivity contribution in [1.29, 1.82) is 0 Å². The zero-order chi connectivity index (χ0) is 12.4. The predicted octanol–water partition coefficient (Wildman–Crippen LogP) is 1.09. The van der Waals surface area contributed by atoms with E-state index in [1.807, 2.05) is 7.05 Å². The van der Waals surface area contributed by atoms with Gasteiger partial charge >= 0.3 is 0 Å². The van der Waals surface area contributed by atoms with Gasteiger partial charge in [0.05, 0.1) is 12.2 Å². The Morgan fingerprint density at radius 3 is 2.88 bits per heavy atom. The third-order valence-electron chi connectivity index (χ3n) is 2.99. The molecule has 0 atom stereocenters. The van der Waals surface area contributed by atoms with E-state index in [0.29, 0.717) is 23.8 Å². The van der Waals surface area contributed by atoms with E-state index in [1.165, 1.54) is 12.8 Å². The molecule has 0 aliphatic heterocycles. The van der Waals surface area contributed by atoms with Crippen molar-refractivity contribution >= 4 is 11.6 Å². The molecule has 90 valence electrons. The first-order valence-corrected chi connectivity index (χ1v) is 5.76. The van der Waals surface area contributed by atoms with Crippen molar-refractivity contribution in [2.24, 2.45) is 13.0 Å². The number of carbonyl (C=O) groups is 1. The summed E-state index contributed by atoms with van der Waals surface area (Å²) in [5.41, 5.74) is 6.87. The molecule has 1 aliphatic rings. The van der Waals surface area contributed by atoms with Gasteiger partial charge in [0.15, 0.2) is 0 Å². The van der Waals surface area contributed by atoms with Crippen LogP contribution in [0.25, 0.3) is 0 Å². The van der Waals surface area contributed by atoms with E-state index in [-0.39, 0.29) is 5.91 Å². The molecular formula is C13H17N3O. The smallest absolute Gasteiger partial charge is 0.271 e. The fourth-order valence-corrected chi connectivity index (χ4v) is 1.91. The fraction of sp³-hybridized carbons (Fsp3) is 0.462. The highest BCUT2D eigenvalue weighted by molar-refractivity contribution is 5.94. The van der Waals surface area contributed by atoms with Crippen molar-refractivity contribution in [3.8, 4) is 12.3 Å². The molecule has 1 saturated carbocycles. The molecule has 0 radical (unpaired) electrons. The Morgan fingerprint density at radius 2 is 2.41 bits per heavy atom. The third kappa shape index (κ3) is 2.62. The van der Waals surface area contributed by atoms with Crippen molar-refractivity contribution in [3.05, 3.63) is 18.0 Å². The number of amides is 1. The average Bonchev–Trinajstić information content (AvgIpc) is 3.02. The Morgan fingerprint density at radius 1 is 1.71 bits per heavy atom. The Labute approximate surface area is 101 Å². The summed E-state index contributed by atoms with van der Waals surface area (Å²) >= 11 is 0. The molecule has 1 heterocycles. The van der Waals surface area contributed by atoms with Gasteiger partial charge in [-0.2, -0.15) is 0 Å². The summed E-state index contributed by atoms with van der Waals surface area (Å²) in [5, 5.41) is 0. The van der Waals surface area contributed by atoms with Gasteiger partial charge in [0.2, 0.25) is 0 Å². The summed E-state index contributed by atoms with van der Waals surface area (Å²) in [6.07, 6.45) is 9.44. The minimum atomic E-state index is -0.0333. The Balaban J connectivity index is 2.14. The molecule has 0 bridgehead atoms. The van der Waals surface area contributed by atoms with Gasteiger partial charge in [-0.25, -0.2) is 0 Å². The number of nitrogen functional groups attached to an aromatic ring is 1. The van der Waals surface area contributed by atoms with Crippen LogP contribution in [0.4, 0.5) is 5.69 Å². The highest BCUT2D eigenvalue weighted by Crippen LogP contribution is 2.30. The lowest BCUT2D eigenvalue weighted by Crippen LogP contribution is -2.34. The first-order valence-electron chi connectivity index (χ1n) is 5.76. The second-order valence-electron chi connectivity index (χ2n) is 4.60. The number of hydrogen-bond donors (Lipinski definition) is 1. The number of hydrogen-bond acceptors (Lipinski definition) is 2. The minimum absolute atomic E-state index is 0.0333. The normalized spacial score (nSPS) is 14.4. The lowest BCUT2D eigenvalue weighted by atomic mass is 10.3. The second-order valence-corrected chi connectivity index (χ2v) is 4.60. The first kappa shape index (κ1) is 11.6. The summed E-state index contributed by atoms with van der Waals surface area (Å²) in [6.45, 7) is 1.12. The molecule has 2 N–H and O–H groups in total. The van der Waals surface area contributed by atoms with Crippen LogP contribution in [-0.2, 0) is 7.05 Å². The van der Waals surface area contributed by atoms with Crippen LogP contribution in [0, 0.1) is 18.3 Å². The number of anilines is 1. The van der Waals surface area contributed by atoms with Crippen molar-refractivity contribution < 1.29 is 4.79 Å². The Kier molecular flexibility index (Phi) is 3.10. The van der Waals surface area contributed by atoms with Gasteiger partial charge in [0, 0.05) is 19.8 Å². The van der Waals surface area contributed by atoms with Gasteiger partial charge in [0.25, 0.3) is 5.91 Å². The molecule has 2 rings (SSSR count). The fourth-order valence-electron chi connectivity index (χ4n) is 1.91. The van der Waals surface area contributed by atoms with Crippen LogP contribution in [0.1, 0.15) is 23.3 Å². The van der Waals surface area contributed by atoms with Crippen molar-refractivity contribution in [1.82, 2.24) is 9.47 Å². The summed E-state index contributed by atoms with van der Waals surface area (Å²) < 4.78 is 1.74. The van der Waals surface area contributed by atoms with E-state index in [1.54, 1.807) is 21.7 Å². The lowest BCUT2D eigenvalue weighted by Gasteiger charge is -2.20. The highest BCUT2D eigenvalue weighted by atomic mass is 16.2. The zero-order valence-electron chi connectivity index (χ0n) is 10.0. The molecule has 4 nitrogen and oxygen atoms in total. The van der Waals surface area contributed by atoms with Crippen LogP contribution >= 0.6 is 0 Å². The molecule has 0 saturated heterocycles. The molecule has 17 heavy (non-hydrogen) atoms. The number of aryl methyl sites for hydroxylation is 1. The van der Waals surface area contributed by atoms with E-state index < -0.39 is 0 Å². The lowest BCUT2D eigenvalue weighted by molar-refractivity contribution is 0.0760. The average molecular weight is 231 g/mol. The van der Waals surface area contributed by atoms with E-state index >= 15 is 0 Å². The maximum Gasteiger partial charge on any atom is 0.271 e. The summed E-state index contributed by atoms with van der Waals surface area (Å²) in [7, 11) is 1.81. The van der Waals surface area contributed by atoms with Gasteiger partial charge in [-0.05, 0) is 24.8 Å². The van der Waals surface area contributed by atoms with E-state index in [4.69, 9.17) is 12.2 Å². The minimum Gasteiger partial charge on any atom is -0.397 e. The molecule has 1 amide bonds.